The van der Waals surface area contributed by atoms with E-state index in [2.05, 4.69) is 15.2 Å². The number of nitrogens with one attached hydrogen (secondary N) is 1. The van der Waals surface area contributed by atoms with Crippen LogP contribution in [-0.4, -0.2) is 46.4 Å². The number of rotatable bonds is 5. The van der Waals surface area contributed by atoms with Gasteiger partial charge >= 0.3 is 0 Å². The Bertz CT molecular complexity index is 787. The molecular weight excluding hydrogens is 312 g/mol. The zero-order chi connectivity index (χ0) is 15.9. The van der Waals surface area contributed by atoms with E-state index in [9.17, 15) is 9.59 Å². The minimum atomic E-state index is -0.309. The van der Waals surface area contributed by atoms with Gasteiger partial charge in [0.2, 0.25) is 0 Å². The molecule has 7 heteroatoms. The van der Waals surface area contributed by atoms with E-state index in [1.165, 1.54) is 47.9 Å². The van der Waals surface area contributed by atoms with Crippen LogP contribution in [-0.2, 0) is 0 Å². The summed E-state index contributed by atoms with van der Waals surface area (Å²) in [5.74, 6) is -0.309. The fraction of sp³-hybridized carbons (Fsp3) is 0.562. The Morgan fingerprint density at radius 1 is 1.35 bits per heavy atom. The molecule has 0 aromatic carbocycles. The van der Waals surface area contributed by atoms with Crippen molar-refractivity contribution in [2.24, 2.45) is 5.41 Å². The number of fused-ring (bicyclic) bond motifs is 1. The predicted octanol–water partition coefficient (Wildman–Crippen LogP) is 1.36. The van der Waals surface area contributed by atoms with E-state index in [0.29, 0.717) is 11.5 Å². The van der Waals surface area contributed by atoms with Gasteiger partial charge in [-0.3, -0.25) is 14.0 Å². The summed E-state index contributed by atoms with van der Waals surface area (Å²) in [6.45, 7) is 4.06. The van der Waals surface area contributed by atoms with E-state index in [-0.39, 0.29) is 22.4 Å². The lowest BCUT2D eigenvalue weighted by atomic mass is 10.1. The van der Waals surface area contributed by atoms with Crippen LogP contribution in [0.5, 0.6) is 0 Å². The van der Waals surface area contributed by atoms with Gasteiger partial charge in [-0.2, -0.15) is 0 Å². The highest BCUT2D eigenvalue weighted by molar-refractivity contribution is 7.15. The van der Waals surface area contributed by atoms with Crippen LogP contribution in [0.1, 0.15) is 36.0 Å². The second-order valence-corrected chi connectivity index (χ2v) is 7.57. The largest absolute Gasteiger partial charge is 0.351 e. The lowest BCUT2D eigenvalue weighted by Gasteiger charge is -2.23. The number of aromatic nitrogens is 2. The van der Waals surface area contributed by atoms with Crippen LogP contribution in [0.3, 0.4) is 0 Å². The molecule has 1 aliphatic carbocycles. The van der Waals surface area contributed by atoms with E-state index in [1.807, 2.05) is 0 Å². The average Bonchev–Trinajstić information content (AvgIpc) is 2.93. The monoisotopic (exact) mass is 332 g/mol. The number of nitrogens with zero attached hydrogens (tertiary/aromatic N) is 3. The first-order valence-corrected chi connectivity index (χ1v) is 9.00. The molecule has 2 aromatic rings. The van der Waals surface area contributed by atoms with Crippen molar-refractivity contribution in [1.82, 2.24) is 19.6 Å². The van der Waals surface area contributed by atoms with E-state index in [0.717, 1.165) is 19.4 Å². The van der Waals surface area contributed by atoms with Gasteiger partial charge in [-0.15, -0.1) is 11.3 Å². The van der Waals surface area contributed by atoms with Gasteiger partial charge in [-0.25, -0.2) is 4.98 Å². The fourth-order valence-corrected chi connectivity index (χ4v) is 4.00. The standard InChI is InChI=1S/C16H20N4O2S/c21-13(12-9-17-15-20(14(12)22)7-8-23-15)18-10-16(3-4-16)11-19-5-1-2-6-19/h7-9H,1-6,10-11H2,(H,18,21). The number of thiazole rings is 1. The van der Waals surface area contributed by atoms with E-state index in [1.54, 1.807) is 11.6 Å². The van der Waals surface area contributed by atoms with Crippen molar-refractivity contribution in [3.8, 4) is 0 Å². The Balaban J connectivity index is 1.43. The summed E-state index contributed by atoms with van der Waals surface area (Å²) < 4.78 is 1.43. The molecule has 2 aliphatic rings. The maximum Gasteiger partial charge on any atom is 0.271 e. The van der Waals surface area contributed by atoms with Gasteiger partial charge in [0.1, 0.15) is 5.56 Å². The van der Waals surface area contributed by atoms with Crippen molar-refractivity contribution < 1.29 is 4.79 Å². The van der Waals surface area contributed by atoms with Gasteiger partial charge in [-0.05, 0) is 38.8 Å². The Kier molecular flexibility index (Phi) is 3.69. The van der Waals surface area contributed by atoms with Gasteiger partial charge in [0.05, 0.1) is 0 Å². The molecule has 1 aliphatic heterocycles. The third kappa shape index (κ3) is 2.90. The smallest absolute Gasteiger partial charge is 0.271 e. The average molecular weight is 332 g/mol. The van der Waals surface area contributed by atoms with Crippen LogP contribution in [0.4, 0.5) is 0 Å². The number of hydrogen-bond donors (Lipinski definition) is 1. The number of hydrogen-bond acceptors (Lipinski definition) is 5. The number of carbonyl (C=O) groups is 1. The molecule has 0 atom stereocenters. The summed E-state index contributed by atoms with van der Waals surface area (Å²) in [5, 5.41) is 4.75. The lowest BCUT2D eigenvalue weighted by molar-refractivity contribution is 0.0938. The second kappa shape index (κ2) is 5.72. The summed E-state index contributed by atoms with van der Waals surface area (Å²) in [7, 11) is 0. The molecule has 6 nitrogen and oxygen atoms in total. The van der Waals surface area contributed by atoms with Gasteiger partial charge in [0, 0.05) is 36.3 Å². The molecule has 2 fully saturated rings. The van der Waals surface area contributed by atoms with E-state index in [4.69, 9.17) is 0 Å². The molecule has 1 N–H and O–H groups in total. The van der Waals surface area contributed by atoms with Crippen molar-refractivity contribution in [1.29, 1.82) is 0 Å². The number of amides is 1. The minimum absolute atomic E-state index is 0.123. The van der Waals surface area contributed by atoms with Crippen LogP contribution in [0.2, 0.25) is 0 Å². The van der Waals surface area contributed by atoms with Crippen molar-refractivity contribution in [3.05, 3.63) is 33.7 Å². The van der Waals surface area contributed by atoms with Crippen molar-refractivity contribution in [2.75, 3.05) is 26.2 Å². The van der Waals surface area contributed by atoms with E-state index >= 15 is 0 Å². The zero-order valence-electron chi connectivity index (χ0n) is 13.0. The first-order valence-electron chi connectivity index (χ1n) is 8.12. The third-order valence-corrected chi connectivity index (χ3v) is 5.70. The lowest BCUT2D eigenvalue weighted by Crippen LogP contribution is -2.39. The molecular formula is C16H20N4O2S. The van der Waals surface area contributed by atoms with Crippen LogP contribution >= 0.6 is 11.3 Å². The molecule has 2 aromatic heterocycles. The van der Waals surface area contributed by atoms with Gasteiger partial charge in [0.25, 0.3) is 11.5 Å². The first-order chi connectivity index (χ1) is 11.2. The molecule has 1 saturated carbocycles. The quantitative estimate of drug-likeness (QED) is 0.898. The minimum Gasteiger partial charge on any atom is -0.351 e. The number of carbonyl (C=O) groups excluding carboxylic acids is 1. The zero-order valence-corrected chi connectivity index (χ0v) is 13.8. The van der Waals surface area contributed by atoms with Crippen molar-refractivity contribution in [2.45, 2.75) is 25.7 Å². The Labute approximate surface area is 138 Å². The molecule has 0 unspecified atom stereocenters. The van der Waals surface area contributed by atoms with Gasteiger partial charge < -0.3 is 10.2 Å². The molecule has 3 heterocycles. The Morgan fingerprint density at radius 2 is 2.13 bits per heavy atom. The number of likely N-dealkylation sites (tertiary alicyclic amines) is 1. The van der Waals surface area contributed by atoms with Gasteiger partial charge in [-0.1, -0.05) is 0 Å². The molecule has 23 heavy (non-hydrogen) atoms. The van der Waals surface area contributed by atoms with Crippen molar-refractivity contribution >= 4 is 22.2 Å². The van der Waals surface area contributed by atoms with Crippen molar-refractivity contribution in [3.63, 3.8) is 0 Å². The van der Waals surface area contributed by atoms with Gasteiger partial charge in [0.15, 0.2) is 4.96 Å². The maximum absolute atomic E-state index is 12.4. The highest BCUT2D eigenvalue weighted by atomic mass is 32.1. The Hall–Kier alpha value is -1.73. The van der Waals surface area contributed by atoms with E-state index < -0.39 is 0 Å². The first kappa shape index (κ1) is 14.8. The molecule has 0 radical (unpaired) electrons. The summed E-state index contributed by atoms with van der Waals surface area (Å²) in [6.07, 6.45) is 7.93. The maximum atomic E-state index is 12.4. The summed E-state index contributed by atoms with van der Waals surface area (Å²) in [5.41, 5.74) is 0.0480. The van der Waals surface area contributed by atoms with Crippen LogP contribution in [0.25, 0.3) is 4.96 Å². The SMILES string of the molecule is O=C(NCC1(CN2CCCC2)CC1)c1cnc2sccn2c1=O. The summed E-state index contributed by atoms with van der Waals surface area (Å²) >= 11 is 1.38. The van der Waals surface area contributed by atoms with Crippen LogP contribution in [0.15, 0.2) is 22.6 Å². The van der Waals surface area contributed by atoms with Crippen LogP contribution < -0.4 is 10.9 Å². The summed E-state index contributed by atoms with van der Waals surface area (Å²) in [4.78, 5) is 32.0. The highest BCUT2D eigenvalue weighted by Gasteiger charge is 2.44. The van der Waals surface area contributed by atoms with Crippen LogP contribution in [0, 0.1) is 5.41 Å². The molecule has 1 saturated heterocycles. The second-order valence-electron chi connectivity index (χ2n) is 6.70. The molecule has 0 bridgehead atoms. The molecule has 0 spiro atoms. The Morgan fingerprint density at radius 3 is 2.87 bits per heavy atom. The molecule has 4 rings (SSSR count). The third-order valence-electron chi connectivity index (χ3n) is 4.93. The normalized spacial score (nSPS) is 20.0. The fourth-order valence-electron chi connectivity index (χ4n) is 3.33. The summed E-state index contributed by atoms with van der Waals surface area (Å²) in [6, 6.07) is 0. The highest BCUT2D eigenvalue weighted by Crippen LogP contribution is 2.46. The topological polar surface area (TPSA) is 66.7 Å². The molecule has 1 amide bonds. The predicted molar refractivity (Wildman–Crippen MR) is 89.0 cm³/mol. The molecule has 122 valence electrons.